The fourth-order valence-corrected chi connectivity index (χ4v) is 2.10. The average molecular weight is 273 g/mol. The van der Waals surface area contributed by atoms with Crippen molar-refractivity contribution < 1.29 is 19.6 Å². The Hall–Kier alpha value is -1.90. The maximum Gasteiger partial charge on any atom is 0.362 e. The summed E-state index contributed by atoms with van der Waals surface area (Å²) in [6.45, 7) is 1.68. The van der Waals surface area contributed by atoms with Crippen molar-refractivity contribution in [1.82, 2.24) is 9.97 Å². The lowest BCUT2D eigenvalue weighted by Gasteiger charge is -2.09. The molecule has 1 N–H and O–H groups in total. The van der Waals surface area contributed by atoms with Crippen LogP contribution in [-0.4, -0.2) is 38.3 Å². The minimum Gasteiger partial charge on any atom is -0.480 e. The molecular formula is C9H11N3O5S. The van der Waals surface area contributed by atoms with Crippen molar-refractivity contribution in [2.45, 2.75) is 23.6 Å². The lowest BCUT2D eigenvalue weighted by Crippen LogP contribution is -2.15. The summed E-state index contributed by atoms with van der Waals surface area (Å²) in [4.78, 5) is 28.5. The van der Waals surface area contributed by atoms with Crippen LogP contribution in [0.3, 0.4) is 0 Å². The molecule has 1 unspecified atom stereocenters. The molecule has 0 amide bonds. The first-order valence-electron chi connectivity index (χ1n) is 4.94. The molecule has 1 atom stereocenters. The van der Waals surface area contributed by atoms with Gasteiger partial charge in [-0.2, -0.15) is 4.98 Å². The molecule has 0 radical (unpaired) electrons. The minimum absolute atomic E-state index is 0.0129. The van der Waals surface area contributed by atoms with Gasteiger partial charge in [0.05, 0.1) is 12.0 Å². The van der Waals surface area contributed by atoms with E-state index < -0.39 is 21.8 Å². The van der Waals surface area contributed by atoms with Crippen molar-refractivity contribution in [1.29, 1.82) is 0 Å². The Morgan fingerprint density at radius 3 is 2.78 bits per heavy atom. The second-order valence-electron chi connectivity index (χ2n) is 3.15. The molecular weight excluding hydrogens is 262 g/mol. The van der Waals surface area contributed by atoms with E-state index in [1.807, 2.05) is 0 Å². The standard InChI is InChI=1S/C9H11N3O5S/c1-3-5(9(13)14)18-8-6(12(15)16)7(17-2)10-4-11-8/h4-5H,3H2,1-2H3,(H,13,14). The van der Waals surface area contributed by atoms with Crippen molar-refractivity contribution in [2.75, 3.05) is 7.11 Å². The summed E-state index contributed by atoms with van der Waals surface area (Å²) in [5, 5.41) is 19.0. The number of carboxylic acid groups (broad SMARTS) is 1. The number of carbonyl (C=O) groups is 1. The molecule has 1 rings (SSSR count). The summed E-state index contributed by atoms with van der Waals surface area (Å²) in [6, 6.07) is 0. The highest BCUT2D eigenvalue weighted by Crippen LogP contribution is 2.36. The van der Waals surface area contributed by atoms with E-state index in [-0.39, 0.29) is 10.9 Å². The largest absolute Gasteiger partial charge is 0.480 e. The van der Waals surface area contributed by atoms with Gasteiger partial charge in [-0.25, -0.2) is 4.98 Å². The molecule has 0 aliphatic heterocycles. The fraction of sp³-hybridized carbons (Fsp3) is 0.444. The van der Waals surface area contributed by atoms with Crippen molar-refractivity contribution in [3.63, 3.8) is 0 Å². The predicted octanol–water partition coefficient (Wildman–Crippen LogP) is 1.35. The number of hydrogen-bond acceptors (Lipinski definition) is 7. The van der Waals surface area contributed by atoms with Crippen molar-refractivity contribution in [2.24, 2.45) is 0 Å². The number of rotatable bonds is 6. The predicted molar refractivity (Wildman–Crippen MR) is 62.8 cm³/mol. The Bertz CT molecular complexity index is 468. The fourth-order valence-electron chi connectivity index (χ4n) is 1.18. The van der Waals surface area contributed by atoms with Gasteiger partial charge in [0.1, 0.15) is 11.6 Å². The van der Waals surface area contributed by atoms with Gasteiger partial charge in [0.15, 0.2) is 5.03 Å². The normalized spacial score (nSPS) is 11.9. The molecule has 0 aromatic carbocycles. The third-order valence-corrected chi connectivity index (χ3v) is 3.37. The molecule has 8 nitrogen and oxygen atoms in total. The molecule has 9 heteroatoms. The van der Waals surface area contributed by atoms with Crippen LogP contribution in [0.2, 0.25) is 0 Å². The van der Waals surface area contributed by atoms with Crippen LogP contribution in [0.25, 0.3) is 0 Å². The van der Waals surface area contributed by atoms with Gasteiger partial charge in [-0.05, 0) is 6.42 Å². The quantitative estimate of drug-likeness (QED) is 0.357. The van der Waals surface area contributed by atoms with Crippen LogP contribution in [0.4, 0.5) is 5.69 Å². The van der Waals surface area contributed by atoms with Gasteiger partial charge in [-0.15, -0.1) is 0 Å². The van der Waals surface area contributed by atoms with E-state index in [0.29, 0.717) is 6.42 Å². The molecule has 1 aromatic heterocycles. The monoisotopic (exact) mass is 273 g/mol. The second kappa shape index (κ2) is 6.15. The molecule has 18 heavy (non-hydrogen) atoms. The molecule has 0 bridgehead atoms. The van der Waals surface area contributed by atoms with Crippen LogP contribution in [0.15, 0.2) is 11.4 Å². The Balaban J connectivity index is 3.15. The molecule has 98 valence electrons. The summed E-state index contributed by atoms with van der Waals surface area (Å²) >= 11 is 0.809. The highest BCUT2D eigenvalue weighted by Gasteiger charge is 2.28. The van der Waals surface area contributed by atoms with Gasteiger partial charge >= 0.3 is 11.7 Å². The first kappa shape index (κ1) is 14.2. The molecule has 0 spiro atoms. The topological polar surface area (TPSA) is 115 Å². The molecule has 1 heterocycles. The van der Waals surface area contributed by atoms with E-state index in [2.05, 4.69) is 9.97 Å². The van der Waals surface area contributed by atoms with E-state index in [0.717, 1.165) is 18.1 Å². The number of methoxy groups -OCH3 is 1. The van der Waals surface area contributed by atoms with Gasteiger partial charge in [-0.3, -0.25) is 14.9 Å². The van der Waals surface area contributed by atoms with E-state index in [1.165, 1.54) is 7.11 Å². The third-order valence-electron chi connectivity index (χ3n) is 2.03. The maximum absolute atomic E-state index is 10.9. The van der Waals surface area contributed by atoms with Gasteiger partial charge < -0.3 is 9.84 Å². The molecule has 0 saturated heterocycles. The number of nitrogens with zero attached hydrogens (tertiary/aromatic N) is 3. The van der Waals surface area contributed by atoms with Crippen LogP contribution in [0.5, 0.6) is 5.88 Å². The van der Waals surface area contributed by atoms with E-state index in [1.54, 1.807) is 6.92 Å². The molecule has 0 aliphatic rings. The smallest absolute Gasteiger partial charge is 0.362 e. The van der Waals surface area contributed by atoms with Crippen molar-refractivity contribution in [3.05, 3.63) is 16.4 Å². The van der Waals surface area contributed by atoms with Crippen LogP contribution >= 0.6 is 11.8 Å². The summed E-state index contributed by atoms with van der Waals surface area (Å²) < 4.78 is 4.77. The van der Waals surface area contributed by atoms with Gasteiger partial charge in [0.25, 0.3) is 5.88 Å². The van der Waals surface area contributed by atoms with Crippen LogP contribution in [0.1, 0.15) is 13.3 Å². The Morgan fingerprint density at radius 1 is 1.67 bits per heavy atom. The number of ether oxygens (including phenoxy) is 1. The highest BCUT2D eigenvalue weighted by atomic mass is 32.2. The van der Waals surface area contributed by atoms with Gasteiger partial charge in [-0.1, -0.05) is 18.7 Å². The minimum atomic E-state index is -1.05. The number of thioether (sulfide) groups is 1. The number of aliphatic carboxylic acids is 1. The van der Waals surface area contributed by atoms with Crippen LogP contribution < -0.4 is 4.74 Å². The van der Waals surface area contributed by atoms with Crippen LogP contribution in [0, 0.1) is 10.1 Å². The first-order chi connectivity index (χ1) is 8.51. The molecule has 0 saturated carbocycles. The number of hydrogen-bond donors (Lipinski definition) is 1. The zero-order valence-corrected chi connectivity index (χ0v) is 10.5. The Labute approximate surface area is 107 Å². The SMILES string of the molecule is CCC(Sc1ncnc(OC)c1[N+](=O)[O-])C(=O)O. The molecule has 0 fully saturated rings. The lowest BCUT2D eigenvalue weighted by molar-refractivity contribution is -0.389. The Kier molecular flexibility index (Phi) is 4.84. The van der Waals surface area contributed by atoms with Crippen LogP contribution in [-0.2, 0) is 4.79 Å². The first-order valence-corrected chi connectivity index (χ1v) is 5.82. The lowest BCUT2D eigenvalue weighted by atomic mass is 10.3. The highest BCUT2D eigenvalue weighted by molar-refractivity contribution is 8.00. The summed E-state index contributed by atoms with van der Waals surface area (Å²) in [6.07, 6.45) is 1.42. The second-order valence-corrected chi connectivity index (χ2v) is 4.34. The van der Waals surface area contributed by atoms with Gasteiger partial charge in [0.2, 0.25) is 0 Å². The maximum atomic E-state index is 10.9. The molecule has 0 aliphatic carbocycles. The van der Waals surface area contributed by atoms with E-state index in [9.17, 15) is 14.9 Å². The Morgan fingerprint density at radius 2 is 2.33 bits per heavy atom. The number of carboxylic acids is 1. The van der Waals surface area contributed by atoms with Gasteiger partial charge in [0, 0.05) is 0 Å². The van der Waals surface area contributed by atoms with Crippen molar-refractivity contribution in [3.8, 4) is 5.88 Å². The summed E-state index contributed by atoms with van der Waals surface area (Å²) in [7, 11) is 1.25. The third kappa shape index (κ3) is 3.06. The number of nitro groups is 1. The zero-order chi connectivity index (χ0) is 13.7. The summed E-state index contributed by atoms with van der Waals surface area (Å²) in [5.41, 5.74) is -0.412. The zero-order valence-electron chi connectivity index (χ0n) is 9.69. The molecule has 1 aromatic rings. The summed E-state index contributed by atoms with van der Waals surface area (Å²) in [5.74, 6) is -1.23. The van der Waals surface area contributed by atoms with E-state index >= 15 is 0 Å². The number of aromatic nitrogens is 2. The van der Waals surface area contributed by atoms with Crippen molar-refractivity contribution >= 4 is 23.4 Å². The average Bonchev–Trinajstić information content (AvgIpc) is 2.34. The van der Waals surface area contributed by atoms with E-state index in [4.69, 9.17) is 9.84 Å².